The summed E-state index contributed by atoms with van der Waals surface area (Å²) >= 11 is 5.84. The molecule has 0 spiro atoms. The lowest BCUT2D eigenvalue weighted by Gasteiger charge is -2.05. The van der Waals surface area contributed by atoms with Gasteiger partial charge >= 0.3 is 0 Å². The summed E-state index contributed by atoms with van der Waals surface area (Å²) in [5, 5.41) is 3.79. The second-order valence-electron chi connectivity index (χ2n) is 4.74. The molecule has 0 fully saturated rings. The van der Waals surface area contributed by atoms with Crippen molar-refractivity contribution in [3.05, 3.63) is 58.9 Å². The van der Waals surface area contributed by atoms with Crippen molar-refractivity contribution < 1.29 is 8.91 Å². The van der Waals surface area contributed by atoms with Crippen molar-refractivity contribution in [1.29, 1.82) is 0 Å². The minimum absolute atomic E-state index is 0.0305. The van der Waals surface area contributed by atoms with E-state index in [2.05, 4.69) is 5.16 Å². The maximum atomic E-state index is 14.2. The highest BCUT2D eigenvalue weighted by Gasteiger charge is 2.21. The molecule has 0 saturated heterocycles. The van der Waals surface area contributed by atoms with Gasteiger partial charge in [-0.05, 0) is 13.0 Å². The van der Waals surface area contributed by atoms with Gasteiger partial charge in [-0.25, -0.2) is 4.39 Å². The summed E-state index contributed by atoms with van der Waals surface area (Å²) < 4.78 is 19.5. The van der Waals surface area contributed by atoms with Gasteiger partial charge in [0.15, 0.2) is 11.6 Å². The Hall–Kier alpha value is -2.33. The number of rotatable bonds is 2. The lowest BCUT2D eigenvalue weighted by Crippen LogP contribution is -1.92. The van der Waals surface area contributed by atoms with E-state index >= 15 is 0 Å². The van der Waals surface area contributed by atoms with E-state index in [1.807, 2.05) is 31.2 Å². The topological polar surface area (TPSA) is 52.0 Å². The second-order valence-corrected chi connectivity index (χ2v) is 5.15. The summed E-state index contributed by atoms with van der Waals surface area (Å²) in [6, 6.07) is 12.4. The molecule has 3 rings (SSSR count). The van der Waals surface area contributed by atoms with Crippen LogP contribution in [0.4, 0.5) is 10.2 Å². The van der Waals surface area contributed by atoms with Crippen molar-refractivity contribution >= 4 is 17.4 Å². The van der Waals surface area contributed by atoms with E-state index in [4.69, 9.17) is 21.9 Å². The molecule has 3 aromatic rings. The van der Waals surface area contributed by atoms with Crippen LogP contribution in [0.1, 0.15) is 5.56 Å². The van der Waals surface area contributed by atoms with Crippen LogP contribution >= 0.6 is 11.6 Å². The van der Waals surface area contributed by atoms with E-state index in [0.717, 1.165) is 11.1 Å². The van der Waals surface area contributed by atoms with E-state index < -0.39 is 5.82 Å². The number of benzene rings is 2. The van der Waals surface area contributed by atoms with Gasteiger partial charge in [-0.1, -0.05) is 58.7 Å². The normalized spacial score (nSPS) is 10.8. The summed E-state index contributed by atoms with van der Waals surface area (Å²) in [5.74, 6) is 0.0165. The molecule has 0 aliphatic heterocycles. The zero-order valence-corrected chi connectivity index (χ0v) is 12.0. The largest absolute Gasteiger partial charge is 0.380 e. The molecular formula is C16H12ClFN2O. The predicted octanol–water partition coefficient (Wildman–Crippen LogP) is 4.69. The highest BCUT2D eigenvalue weighted by atomic mass is 35.5. The third-order valence-electron chi connectivity index (χ3n) is 3.25. The molecule has 3 nitrogen and oxygen atoms in total. The molecule has 0 amide bonds. The smallest absolute Gasteiger partial charge is 0.177 e. The molecule has 0 unspecified atom stereocenters. The molecule has 0 atom stereocenters. The second kappa shape index (κ2) is 5.22. The molecule has 0 saturated carbocycles. The maximum Gasteiger partial charge on any atom is 0.177 e. The highest BCUT2D eigenvalue weighted by Crippen LogP contribution is 2.39. The first-order valence-electron chi connectivity index (χ1n) is 6.34. The summed E-state index contributed by atoms with van der Waals surface area (Å²) in [6.07, 6.45) is 0. The Bertz CT molecular complexity index is 797. The van der Waals surface area contributed by atoms with Gasteiger partial charge in [0, 0.05) is 11.1 Å². The van der Waals surface area contributed by atoms with Crippen LogP contribution in [-0.2, 0) is 0 Å². The van der Waals surface area contributed by atoms with Crippen molar-refractivity contribution in [3.63, 3.8) is 0 Å². The minimum atomic E-state index is -0.539. The van der Waals surface area contributed by atoms with E-state index in [0.29, 0.717) is 11.3 Å². The number of anilines is 1. The van der Waals surface area contributed by atoms with Gasteiger partial charge in [0.25, 0.3) is 0 Å². The van der Waals surface area contributed by atoms with Crippen LogP contribution in [0.25, 0.3) is 22.5 Å². The number of hydrogen-bond acceptors (Lipinski definition) is 3. The average molecular weight is 303 g/mol. The standard InChI is InChI=1S/C16H12ClFN2O/c1-9-5-7-10(8-6-9)15-13(16(19)20-21-15)11-3-2-4-12(17)14(11)18/h2-8H,1H3,(H2,19,20). The first kappa shape index (κ1) is 13.6. The Morgan fingerprint density at radius 2 is 1.86 bits per heavy atom. The molecule has 0 bridgehead atoms. The summed E-state index contributed by atoms with van der Waals surface area (Å²) in [6.45, 7) is 1.98. The number of hydrogen-bond donors (Lipinski definition) is 1. The average Bonchev–Trinajstić information content (AvgIpc) is 2.85. The Morgan fingerprint density at radius 1 is 1.14 bits per heavy atom. The van der Waals surface area contributed by atoms with Crippen molar-refractivity contribution in [2.45, 2.75) is 6.92 Å². The van der Waals surface area contributed by atoms with Crippen LogP contribution in [-0.4, -0.2) is 5.16 Å². The number of aromatic nitrogens is 1. The Morgan fingerprint density at radius 3 is 2.57 bits per heavy atom. The van der Waals surface area contributed by atoms with Crippen LogP contribution in [0.2, 0.25) is 5.02 Å². The quantitative estimate of drug-likeness (QED) is 0.747. The van der Waals surface area contributed by atoms with Crippen molar-refractivity contribution in [3.8, 4) is 22.5 Å². The lowest BCUT2D eigenvalue weighted by atomic mass is 10.0. The fraction of sp³-hybridized carbons (Fsp3) is 0.0625. The van der Waals surface area contributed by atoms with Crippen LogP contribution in [0.5, 0.6) is 0 Å². The first-order valence-corrected chi connectivity index (χ1v) is 6.72. The van der Waals surface area contributed by atoms with E-state index in [1.54, 1.807) is 12.1 Å². The van der Waals surface area contributed by atoms with E-state index in [9.17, 15) is 4.39 Å². The molecule has 2 aromatic carbocycles. The number of aryl methyl sites for hydroxylation is 1. The van der Waals surface area contributed by atoms with Gasteiger partial charge in [0.2, 0.25) is 0 Å². The molecule has 21 heavy (non-hydrogen) atoms. The Kier molecular flexibility index (Phi) is 3.39. The fourth-order valence-electron chi connectivity index (χ4n) is 2.16. The number of nitrogen functional groups attached to an aromatic ring is 1. The van der Waals surface area contributed by atoms with Crippen molar-refractivity contribution in [2.24, 2.45) is 0 Å². The monoisotopic (exact) mass is 302 g/mol. The zero-order valence-electron chi connectivity index (χ0n) is 11.2. The van der Waals surface area contributed by atoms with E-state index in [-0.39, 0.29) is 16.4 Å². The molecule has 1 heterocycles. The van der Waals surface area contributed by atoms with Gasteiger partial charge in [-0.15, -0.1) is 0 Å². The zero-order chi connectivity index (χ0) is 15.0. The fourth-order valence-corrected chi connectivity index (χ4v) is 2.34. The molecular weight excluding hydrogens is 291 g/mol. The number of nitrogens with two attached hydrogens (primary N) is 1. The SMILES string of the molecule is Cc1ccc(-c2onc(N)c2-c2cccc(Cl)c2F)cc1. The van der Waals surface area contributed by atoms with Gasteiger partial charge < -0.3 is 10.3 Å². The van der Waals surface area contributed by atoms with Gasteiger partial charge in [-0.2, -0.15) is 0 Å². The summed E-state index contributed by atoms with van der Waals surface area (Å²) in [7, 11) is 0. The molecule has 0 aliphatic rings. The third kappa shape index (κ3) is 2.38. The van der Waals surface area contributed by atoms with Crippen LogP contribution in [0.3, 0.4) is 0 Å². The molecule has 2 N–H and O–H groups in total. The lowest BCUT2D eigenvalue weighted by molar-refractivity contribution is 0.436. The van der Waals surface area contributed by atoms with E-state index in [1.165, 1.54) is 6.07 Å². The predicted molar refractivity (Wildman–Crippen MR) is 81.5 cm³/mol. The Balaban J connectivity index is 2.22. The van der Waals surface area contributed by atoms with Gasteiger partial charge in [-0.3, -0.25) is 0 Å². The summed E-state index contributed by atoms with van der Waals surface area (Å²) in [4.78, 5) is 0. The number of halogens is 2. The molecule has 0 radical (unpaired) electrons. The maximum absolute atomic E-state index is 14.2. The van der Waals surface area contributed by atoms with Crippen LogP contribution < -0.4 is 5.73 Å². The molecule has 5 heteroatoms. The first-order chi connectivity index (χ1) is 10.1. The van der Waals surface area contributed by atoms with Crippen molar-refractivity contribution in [1.82, 2.24) is 5.16 Å². The minimum Gasteiger partial charge on any atom is -0.380 e. The third-order valence-corrected chi connectivity index (χ3v) is 3.55. The summed E-state index contributed by atoms with van der Waals surface area (Å²) in [5.41, 5.74) is 8.43. The molecule has 0 aliphatic carbocycles. The van der Waals surface area contributed by atoms with Crippen LogP contribution in [0, 0.1) is 12.7 Å². The van der Waals surface area contributed by atoms with Crippen LogP contribution in [0.15, 0.2) is 47.0 Å². The van der Waals surface area contributed by atoms with Crippen molar-refractivity contribution in [2.75, 3.05) is 5.73 Å². The highest BCUT2D eigenvalue weighted by molar-refractivity contribution is 6.31. The van der Waals surface area contributed by atoms with Gasteiger partial charge in [0.1, 0.15) is 5.82 Å². The number of nitrogens with zero attached hydrogens (tertiary/aromatic N) is 1. The Labute approximate surface area is 126 Å². The molecule has 106 valence electrons. The van der Waals surface area contributed by atoms with Gasteiger partial charge in [0.05, 0.1) is 10.6 Å². The molecule has 1 aromatic heterocycles.